The molecule has 0 aliphatic carbocycles. The maximum atomic E-state index is 5.09. The van der Waals surface area contributed by atoms with Gasteiger partial charge in [-0.15, -0.1) is 0 Å². The lowest BCUT2D eigenvalue weighted by atomic mass is 9.98. The number of nitrogens with zero attached hydrogens (tertiary/aromatic N) is 5. The molecule has 0 radical (unpaired) electrons. The number of hydrogen-bond acceptors (Lipinski definition) is 3. The molecule has 0 saturated heterocycles. The van der Waals surface area contributed by atoms with E-state index in [0.717, 1.165) is 50.2 Å². The van der Waals surface area contributed by atoms with Crippen LogP contribution in [0.15, 0.2) is 224 Å². The highest BCUT2D eigenvalue weighted by Crippen LogP contribution is 2.37. The molecule has 5 nitrogen and oxygen atoms in total. The van der Waals surface area contributed by atoms with Crippen LogP contribution in [-0.2, 0) is 0 Å². The van der Waals surface area contributed by atoms with Crippen molar-refractivity contribution >= 4 is 43.6 Å². The van der Waals surface area contributed by atoms with E-state index in [1.54, 1.807) is 0 Å². The fraction of sp³-hybridized carbons (Fsp3) is 0. The second-order valence-corrected chi connectivity index (χ2v) is 15.7. The van der Waals surface area contributed by atoms with E-state index in [1.807, 2.05) is 36.4 Å². The molecule has 3 heterocycles. The van der Waals surface area contributed by atoms with Crippen LogP contribution in [0.25, 0.3) is 111 Å². The standard InChI is InChI=1S/C57H37N5/c1-3-14-38(15-4-1)43-18-13-19-44(36-43)39-26-28-41(29-27-39)56-58-55(40-16-5-2-6-17-40)59-57(60-56)42-30-32-45(33-31-42)61-53-25-12-9-22-49(53)50-37-46(34-35-54(50)61)62-51-23-10-7-20-47(51)48-21-8-11-24-52(48)62/h1-37H. The lowest BCUT2D eigenvalue weighted by Gasteiger charge is -2.12. The predicted molar refractivity (Wildman–Crippen MR) is 256 cm³/mol. The van der Waals surface area contributed by atoms with Gasteiger partial charge in [0.05, 0.1) is 22.1 Å². The van der Waals surface area contributed by atoms with Crippen molar-refractivity contribution in [3.05, 3.63) is 224 Å². The van der Waals surface area contributed by atoms with E-state index in [1.165, 1.54) is 43.7 Å². The normalized spacial score (nSPS) is 11.5. The summed E-state index contributed by atoms with van der Waals surface area (Å²) in [5.74, 6) is 1.89. The number of para-hydroxylation sites is 3. The van der Waals surface area contributed by atoms with Gasteiger partial charge in [0, 0.05) is 49.6 Å². The minimum Gasteiger partial charge on any atom is -0.309 e. The monoisotopic (exact) mass is 791 g/mol. The molecule has 5 heteroatoms. The fourth-order valence-corrected chi connectivity index (χ4v) is 9.01. The van der Waals surface area contributed by atoms with Crippen LogP contribution in [-0.4, -0.2) is 24.1 Å². The summed E-state index contributed by atoms with van der Waals surface area (Å²) in [5, 5.41) is 4.92. The first kappa shape index (κ1) is 35.5. The molecule has 0 atom stereocenters. The zero-order valence-corrected chi connectivity index (χ0v) is 33.6. The van der Waals surface area contributed by atoms with Crippen LogP contribution in [0.4, 0.5) is 0 Å². The first-order chi connectivity index (χ1) is 30.7. The highest BCUT2D eigenvalue weighted by Gasteiger charge is 2.18. The van der Waals surface area contributed by atoms with Crippen molar-refractivity contribution in [2.75, 3.05) is 0 Å². The zero-order chi connectivity index (χ0) is 41.0. The maximum absolute atomic E-state index is 5.09. The Bertz CT molecular complexity index is 3550. The van der Waals surface area contributed by atoms with E-state index < -0.39 is 0 Å². The molecule has 0 N–H and O–H groups in total. The van der Waals surface area contributed by atoms with E-state index >= 15 is 0 Å². The third-order valence-corrected chi connectivity index (χ3v) is 12.0. The zero-order valence-electron chi connectivity index (χ0n) is 33.6. The summed E-state index contributed by atoms with van der Waals surface area (Å²) in [6, 6.07) is 79.3. The molecule has 0 spiro atoms. The Morgan fingerprint density at radius 2 is 0.581 bits per heavy atom. The summed E-state index contributed by atoms with van der Waals surface area (Å²) in [7, 11) is 0. The molecule has 290 valence electrons. The molecule has 0 bridgehead atoms. The number of fused-ring (bicyclic) bond motifs is 6. The highest BCUT2D eigenvalue weighted by atomic mass is 15.0. The van der Waals surface area contributed by atoms with Crippen LogP contribution in [0.1, 0.15) is 0 Å². The van der Waals surface area contributed by atoms with Gasteiger partial charge in [0.2, 0.25) is 0 Å². The van der Waals surface area contributed by atoms with Gasteiger partial charge in [-0.3, -0.25) is 0 Å². The lowest BCUT2D eigenvalue weighted by molar-refractivity contribution is 1.07. The van der Waals surface area contributed by atoms with Crippen molar-refractivity contribution < 1.29 is 0 Å². The van der Waals surface area contributed by atoms with Crippen LogP contribution in [0.5, 0.6) is 0 Å². The molecule has 3 aromatic heterocycles. The summed E-state index contributed by atoms with van der Waals surface area (Å²) >= 11 is 0. The van der Waals surface area contributed by atoms with Crippen LogP contribution >= 0.6 is 0 Å². The van der Waals surface area contributed by atoms with E-state index in [9.17, 15) is 0 Å². The topological polar surface area (TPSA) is 48.5 Å². The van der Waals surface area contributed by atoms with E-state index in [0.29, 0.717) is 17.5 Å². The molecule has 12 rings (SSSR count). The summed E-state index contributed by atoms with van der Waals surface area (Å²) in [5.41, 5.74) is 14.4. The molecule has 0 saturated carbocycles. The Morgan fingerprint density at radius 3 is 1.13 bits per heavy atom. The Balaban J connectivity index is 0.924. The van der Waals surface area contributed by atoms with Gasteiger partial charge in [-0.2, -0.15) is 0 Å². The van der Waals surface area contributed by atoms with Crippen molar-refractivity contribution in [2.45, 2.75) is 0 Å². The second kappa shape index (κ2) is 14.7. The average Bonchev–Trinajstić information content (AvgIpc) is 3.87. The summed E-state index contributed by atoms with van der Waals surface area (Å²) < 4.78 is 4.74. The van der Waals surface area contributed by atoms with Gasteiger partial charge in [-0.1, -0.05) is 158 Å². The van der Waals surface area contributed by atoms with E-state index in [4.69, 9.17) is 15.0 Å². The Morgan fingerprint density at radius 1 is 0.226 bits per heavy atom. The molecule has 12 aromatic rings. The Hall–Kier alpha value is -8.41. The smallest absolute Gasteiger partial charge is 0.164 e. The predicted octanol–water partition coefficient (Wildman–Crippen LogP) is 14.4. The highest BCUT2D eigenvalue weighted by molar-refractivity contribution is 6.12. The second-order valence-electron chi connectivity index (χ2n) is 15.7. The van der Waals surface area contributed by atoms with Crippen molar-refractivity contribution in [2.24, 2.45) is 0 Å². The van der Waals surface area contributed by atoms with Crippen LogP contribution in [0, 0.1) is 0 Å². The van der Waals surface area contributed by atoms with Crippen molar-refractivity contribution in [1.82, 2.24) is 24.1 Å². The molecule has 9 aromatic carbocycles. The number of aromatic nitrogens is 5. The fourth-order valence-electron chi connectivity index (χ4n) is 9.01. The number of benzene rings is 9. The van der Waals surface area contributed by atoms with Gasteiger partial charge >= 0.3 is 0 Å². The lowest BCUT2D eigenvalue weighted by Crippen LogP contribution is -2.00. The summed E-state index contributed by atoms with van der Waals surface area (Å²) in [6.45, 7) is 0. The van der Waals surface area contributed by atoms with E-state index in [-0.39, 0.29) is 0 Å². The summed E-state index contributed by atoms with van der Waals surface area (Å²) in [6.07, 6.45) is 0. The maximum Gasteiger partial charge on any atom is 0.164 e. The molecule has 0 aliphatic heterocycles. The minimum atomic E-state index is 0.623. The largest absolute Gasteiger partial charge is 0.309 e. The molecular formula is C57H37N5. The van der Waals surface area contributed by atoms with Gasteiger partial charge in [0.15, 0.2) is 17.5 Å². The first-order valence-corrected chi connectivity index (χ1v) is 20.9. The molecular weight excluding hydrogens is 755 g/mol. The summed E-state index contributed by atoms with van der Waals surface area (Å²) in [4.78, 5) is 15.1. The molecule has 62 heavy (non-hydrogen) atoms. The van der Waals surface area contributed by atoms with Gasteiger partial charge in [-0.25, -0.2) is 15.0 Å². The average molecular weight is 792 g/mol. The molecule has 0 aliphatic rings. The van der Waals surface area contributed by atoms with Crippen molar-refractivity contribution in [3.8, 4) is 67.8 Å². The molecule has 0 unspecified atom stereocenters. The third-order valence-electron chi connectivity index (χ3n) is 12.0. The first-order valence-electron chi connectivity index (χ1n) is 20.9. The third kappa shape index (κ3) is 6.06. The van der Waals surface area contributed by atoms with Gasteiger partial charge < -0.3 is 9.13 Å². The van der Waals surface area contributed by atoms with Crippen LogP contribution in [0.2, 0.25) is 0 Å². The SMILES string of the molecule is c1ccc(-c2cccc(-c3ccc(-c4nc(-c5ccccc5)nc(-c5ccc(-n6c7ccccc7c7cc(-n8c9ccccc9c9ccccc98)ccc76)cc5)n4)cc3)c2)cc1. The van der Waals surface area contributed by atoms with Crippen molar-refractivity contribution in [3.63, 3.8) is 0 Å². The van der Waals surface area contributed by atoms with Crippen molar-refractivity contribution in [1.29, 1.82) is 0 Å². The van der Waals surface area contributed by atoms with Crippen LogP contribution in [0.3, 0.4) is 0 Å². The number of rotatable bonds is 7. The van der Waals surface area contributed by atoms with Gasteiger partial charge in [0.25, 0.3) is 0 Å². The van der Waals surface area contributed by atoms with Gasteiger partial charge in [0.1, 0.15) is 0 Å². The minimum absolute atomic E-state index is 0.623. The Kier molecular flexibility index (Phi) is 8.42. The number of hydrogen-bond donors (Lipinski definition) is 0. The quantitative estimate of drug-likeness (QED) is 0.162. The Labute approximate surface area is 358 Å². The molecule has 0 fully saturated rings. The molecule has 0 amide bonds. The van der Waals surface area contributed by atoms with Crippen LogP contribution < -0.4 is 0 Å². The van der Waals surface area contributed by atoms with E-state index in [2.05, 4.69) is 197 Å². The van der Waals surface area contributed by atoms with Gasteiger partial charge in [-0.05, 0) is 89.0 Å².